The van der Waals surface area contributed by atoms with Crippen LogP contribution < -0.4 is 10.2 Å². The largest absolute Gasteiger partial charge is 0.500 e. The number of pyridine rings is 3. The number of fused-ring (bicyclic) bond motifs is 2. The van der Waals surface area contributed by atoms with E-state index in [1.807, 2.05) is 36.4 Å². The second-order valence-electron chi connectivity index (χ2n) is 9.96. The Morgan fingerprint density at radius 1 is 1.15 bits per heavy atom. The molecule has 10 nitrogen and oxygen atoms in total. The molecule has 1 amide bonds. The second kappa shape index (κ2) is 10.8. The summed E-state index contributed by atoms with van der Waals surface area (Å²) in [7, 11) is -3.50. The molecule has 1 aliphatic carbocycles. The number of amides is 1. The van der Waals surface area contributed by atoms with E-state index in [4.69, 9.17) is 19.4 Å². The maximum Gasteiger partial charge on any atom is 0.251 e. The van der Waals surface area contributed by atoms with E-state index in [-0.39, 0.29) is 35.8 Å². The molecule has 5 heterocycles. The molecule has 1 N–H and O–H groups in total. The summed E-state index contributed by atoms with van der Waals surface area (Å²) in [5.41, 5.74) is 3.76. The smallest absolute Gasteiger partial charge is 0.251 e. The minimum Gasteiger partial charge on any atom is -0.500 e. The van der Waals surface area contributed by atoms with E-state index in [2.05, 4.69) is 22.1 Å². The predicted molar refractivity (Wildman–Crippen MR) is 151 cm³/mol. The van der Waals surface area contributed by atoms with E-state index in [1.54, 1.807) is 12.3 Å². The van der Waals surface area contributed by atoms with Crippen molar-refractivity contribution in [3.63, 3.8) is 0 Å². The van der Waals surface area contributed by atoms with Gasteiger partial charge in [0.15, 0.2) is 9.84 Å². The molecule has 3 aliphatic rings. The first-order valence-electron chi connectivity index (χ1n) is 13.2. The highest BCUT2D eigenvalue weighted by atomic mass is 32.2. The molecule has 1 atom stereocenters. The molecule has 11 heteroatoms. The van der Waals surface area contributed by atoms with E-state index in [9.17, 15) is 13.2 Å². The Labute approximate surface area is 232 Å². The van der Waals surface area contributed by atoms with Gasteiger partial charge in [0.1, 0.15) is 12.4 Å². The minimum absolute atomic E-state index is 0.0999. The molecule has 0 unspecified atom stereocenters. The summed E-state index contributed by atoms with van der Waals surface area (Å²) in [6.45, 7) is 4.59. The SMILES string of the molecule is C[C@@H]1CN(c2cccc(-c3ccc4cnc(CNC(=O)C5=CCC6=COCCS(=O)(=O)C6=C5)cc4n3)n2)CCO1. The Morgan fingerprint density at radius 3 is 2.90 bits per heavy atom. The zero-order valence-electron chi connectivity index (χ0n) is 22.0. The van der Waals surface area contributed by atoms with Gasteiger partial charge < -0.3 is 19.7 Å². The topological polar surface area (TPSA) is 124 Å². The van der Waals surface area contributed by atoms with Crippen LogP contribution in [-0.4, -0.2) is 67.4 Å². The lowest BCUT2D eigenvalue weighted by Crippen LogP contribution is -2.41. The van der Waals surface area contributed by atoms with Gasteiger partial charge in [-0.3, -0.25) is 9.78 Å². The lowest BCUT2D eigenvalue weighted by Gasteiger charge is -2.32. The van der Waals surface area contributed by atoms with Gasteiger partial charge in [-0.1, -0.05) is 12.1 Å². The number of rotatable bonds is 5. The predicted octanol–water partition coefficient (Wildman–Crippen LogP) is 3.08. The molecule has 40 heavy (non-hydrogen) atoms. The molecule has 2 aliphatic heterocycles. The van der Waals surface area contributed by atoms with Gasteiger partial charge in [0, 0.05) is 35.8 Å². The van der Waals surface area contributed by atoms with Crippen molar-refractivity contribution in [2.24, 2.45) is 0 Å². The van der Waals surface area contributed by atoms with Crippen LogP contribution in [0, 0.1) is 0 Å². The summed E-state index contributed by atoms with van der Waals surface area (Å²) in [5, 5.41) is 3.72. The van der Waals surface area contributed by atoms with Crippen molar-refractivity contribution in [2.45, 2.75) is 26.0 Å². The molecular formula is C29H29N5O5S. The van der Waals surface area contributed by atoms with Gasteiger partial charge in [-0.2, -0.15) is 0 Å². The fraction of sp³-hybridized carbons (Fsp3) is 0.310. The Balaban J connectivity index is 1.18. The fourth-order valence-electron chi connectivity index (χ4n) is 4.93. The fourth-order valence-corrected chi connectivity index (χ4v) is 6.31. The highest BCUT2D eigenvalue weighted by Crippen LogP contribution is 2.30. The number of morpholine rings is 1. The maximum atomic E-state index is 12.9. The number of ether oxygens (including phenoxy) is 2. The van der Waals surface area contributed by atoms with E-state index in [0.717, 1.165) is 41.2 Å². The summed E-state index contributed by atoms with van der Waals surface area (Å²) in [6, 6.07) is 11.7. The number of anilines is 1. The second-order valence-corrected chi connectivity index (χ2v) is 12.0. The van der Waals surface area contributed by atoms with Crippen molar-refractivity contribution in [2.75, 3.05) is 37.0 Å². The van der Waals surface area contributed by atoms with Crippen LogP contribution in [0.1, 0.15) is 19.0 Å². The Kier molecular flexibility index (Phi) is 7.07. The molecule has 0 bridgehead atoms. The molecule has 3 aromatic rings. The number of carbonyl (C=O) groups excluding carboxylic acids is 1. The van der Waals surface area contributed by atoms with Crippen molar-refractivity contribution in [3.05, 3.63) is 82.8 Å². The molecular weight excluding hydrogens is 530 g/mol. The van der Waals surface area contributed by atoms with Crippen LogP contribution in [-0.2, 0) is 30.7 Å². The van der Waals surface area contributed by atoms with Gasteiger partial charge in [-0.15, -0.1) is 0 Å². The zero-order chi connectivity index (χ0) is 27.7. The first-order chi connectivity index (χ1) is 19.4. The number of nitrogens with one attached hydrogen (secondary N) is 1. The van der Waals surface area contributed by atoms with Gasteiger partial charge in [0.2, 0.25) is 0 Å². The quantitative estimate of drug-likeness (QED) is 0.502. The van der Waals surface area contributed by atoms with Crippen LogP contribution in [0.5, 0.6) is 0 Å². The third kappa shape index (κ3) is 5.47. The van der Waals surface area contributed by atoms with Gasteiger partial charge in [0.05, 0.1) is 58.8 Å². The first kappa shape index (κ1) is 26.1. The number of aromatic nitrogens is 3. The normalized spacial score (nSPS) is 20.4. The van der Waals surface area contributed by atoms with Crippen molar-refractivity contribution < 1.29 is 22.7 Å². The number of sulfone groups is 1. The number of nitrogens with zero attached hydrogens (tertiary/aromatic N) is 4. The van der Waals surface area contributed by atoms with Gasteiger partial charge in [-0.25, -0.2) is 18.4 Å². The number of carbonyl (C=O) groups is 1. The van der Waals surface area contributed by atoms with E-state index in [0.29, 0.717) is 29.9 Å². The standard InChI is InChI=1S/C29H29N5O5S/c1-19-17-34(9-10-39-19)28-4-2-3-24(33-28)25-8-7-21-15-30-23(14-26(21)32-25)16-31-29(35)20-5-6-22-18-38-11-12-40(36,37)27(22)13-20/h2-5,7-8,13-15,18-19H,6,9-12,16-17H2,1H3,(H,31,35)/t19-/m1/s1. The number of allylic oxidation sites excluding steroid dienone is 2. The average Bonchev–Trinajstić information content (AvgIpc) is 3.12. The average molecular weight is 560 g/mol. The van der Waals surface area contributed by atoms with Crippen LogP contribution >= 0.6 is 0 Å². The Bertz CT molecular complexity index is 1680. The van der Waals surface area contributed by atoms with Gasteiger partial charge in [0.25, 0.3) is 5.91 Å². The summed E-state index contributed by atoms with van der Waals surface area (Å²) in [5.74, 6) is 0.413. The summed E-state index contributed by atoms with van der Waals surface area (Å²) in [4.78, 5) is 29.4. The molecule has 1 saturated heterocycles. The molecule has 0 aromatic carbocycles. The molecule has 0 radical (unpaired) electrons. The van der Waals surface area contributed by atoms with Crippen LogP contribution in [0.4, 0.5) is 5.82 Å². The van der Waals surface area contributed by atoms with Crippen LogP contribution in [0.15, 0.2) is 77.1 Å². The lowest BCUT2D eigenvalue weighted by atomic mass is 10.0. The molecule has 206 valence electrons. The van der Waals surface area contributed by atoms with E-state index >= 15 is 0 Å². The lowest BCUT2D eigenvalue weighted by molar-refractivity contribution is -0.117. The van der Waals surface area contributed by atoms with Crippen LogP contribution in [0.2, 0.25) is 0 Å². The summed E-state index contributed by atoms with van der Waals surface area (Å²) < 4.78 is 36.1. The monoisotopic (exact) mass is 559 g/mol. The third-order valence-electron chi connectivity index (χ3n) is 7.06. The third-order valence-corrected chi connectivity index (χ3v) is 8.81. The van der Waals surface area contributed by atoms with Gasteiger partial charge in [-0.05, 0) is 49.8 Å². The van der Waals surface area contributed by atoms with E-state index < -0.39 is 9.84 Å². The van der Waals surface area contributed by atoms with Crippen molar-refractivity contribution >= 4 is 32.5 Å². The number of hydrogen-bond acceptors (Lipinski definition) is 9. The highest BCUT2D eigenvalue weighted by Gasteiger charge is 2.28. The highest BCUT2D eigenvalue weighted by molar-refractivity contribution is 7.95. The Hall–Kier alpha value is -4.09. The molecule has 0 saturated carbocycles. The zero-order valence-corrected chi connectivity index (χ0v) is 22.9. The molecule has 3 aromatic heterocycles. The van der Waals surface area contributed by atoms with E-state index in [1.165, 1.54) is 12.3 Å². The van der Waals surface area contributed by atoms with Gasteiger partial charge >= 0.3 is 0 Å². The van der Waals surface area contributed by atoms with Crippen molar-refractivity contribution in [3.8, 4) is 11.4 Å². The molecule has 6 rings (SSSR count). The summed E-state index contributed by atoms with van der Waals surface area (Å²) >= 11 is 0. The van der Waals surface area contributed by atoms with Crippen molar-refractivity contribution in [1.29, 1.82) is 0 Å². The Morgan fingerprint density at radius 2 is 2.02 bits per heavy atom. The van der Waals surface area contributed by atoms with Crippen molar-refractivity contribution in [1.82, 2.24) is 20.3 Å². The van der Waals surface area contributed by atoms with Crippen LogP contribution in [0.3, 0.4) is 0 Å². The minimum atomic E-state index is -3.50. The summed E-state index contributed by atoms with van der Waals surface area (Å²) in [6.07, 6.45) is 6.79. The maximum absolute atomic E-state index is 12.9. The van der Waals surface area contributed by atoms with Crippen LogP contribution in [0.25, 0.3) is 22.3 Å². The molecule has 1 fully saturated rings. The molecule has 0 spiro atoms. The first-order valence-corrected chi connectivity index (χ1v) is 14.8. The number of hydrogen-bond donors (Lipinski definition) is 1.